The van der Waals surface area contributed by atoms with Gasteiger partial charge in [-0.2, -0.15) is 0 Å². The molecule has 4 nitrogen and oxygen atoms in total. The van der Waals surface area contributed by atoms with Gasteiger partial charge >= 0.3 is 5.97 Å². The van der Waals surface area contributed by atoms with E-state index in [4.69, 9.17) is 10.8 Å². The number of rotatable bonds is 2. The van der Waals surface area contributed by atoms with Gasteiger partial charge in [0.2, 0.25) is 0 Å². The molecule has 16 heavy (non-hydrogen) atoms. The molecule has 0 saturated carbocycles. The van der Waals surface area contributed by atoms with Crippen LogP contribution in [0.5, 0.6) is 5.75 Å². The fraction of sp³-hybridized carbons (Fsp3) is 0.417. The minimum atomic E-state index is -1.15. The van der Waals surface area contributed by atoms with Gasteiger partial charge in [0, 0.05) is 6.04 Å². The molecule has 4 N–H and O–H groups in total. The van der Waals surface area contributed by atoms with E-state index < -0.39 is 5.97 Å². The molecule has 1 rings (SSSR count). The molecule has 1 atom stereocenters. The molecular weight excluding hydrogens is 206 g/mol. The molecule has 0 spiro atoms. The summed E-state index contributed by atoms with van der Waals surface area (Å²) in [6.07, 6.45) is 0. The van der Waals surface area contributed by atoms with Crippen LogP contribution in [0.3, 0.4) is 0 Å². The average molecular weight is 223 g/mol. The zero-order valence-corrected chi connectivity index (χ0v) is 9.69. The van der Waals surface area contributed by atoms with Gasteiger partial charge in [0.1, 0.15) is 11.3 Å². The molecule has 4 heteroatoms. The van der Waals surface area contributed by atoms with Gasteiger partial charge in [-0.1, -0.05) is 26.8 Å². The molecule has 0 aliphatic carbocycles. The molecule has 88 valence electrons. The molecule has 1 aromatic carbocycles. The average Bonchev–Trinajstić information content (AvgIpc) is 2.15. The molecule has 0 radical (unpaired) electrons. The maximum absolute atomic E-state index is 10.8. The van der Waals surface area contributed by atoms with E-state index in [1.54, 1.807) is 6.07 Å². The van der Waals surface area contributed by atoms with Crippen LogP contribution in [0.2, 0.25) is 0 Å². The minimum Gasteiger partial charge on any atom is -0.507 e. The number of hydrogen-bond acceptors (Lipinski definition) is 3. The second kappa shape index (κ2) is 4.14. The largest absolute Gasteiger partial charge is 0.507 e. The summed E-state index contributed by atoms with van der Waals surface area (Å²) in [5.74, 6) is -1.39. The van der Waals surface area contributed by atoms with Crippen LogP contribution in [0.25, 0.3) is 0 Å². The van der Waals surface area contributed by atoms with Crippen molar-refractivity contribution in [1.29, 1.82) is 0 Å². The van der Waals surface area contributed by atoms with Crippen LogP contribution >= 0.6 is 0 Å². The van der Waals surface area contributed by atoms with Crippen LogP contribution in [0, 0.1) is 5.41 Å². The SMILES string of the molecule is CC(C)(C)[C@H](N)c1ccc(O)c(C(=O)O)c1. The van der Waals surface area contributed by atoms with Crippen LogP contribution in [-0.4, -0.2) is 16.2 Å². The molecule has 0 heterocycles. The first-order chi connectivity index (χ1) is 7.23. The van der Waals surface area contributed by atoms with Gasteiger partial charge in [-0.3, -0.25) is 0 Å². The van der Waals surface area contributed by atoms with Crippen LogP contribution in [0.1, 0.15) is 42.7 Å². The second-order valence-corrected chi connectivity index (χ2v) is 4.93. The third-order valence-electron chi connectivity index (χ3n) is 2.54. The second-order valence-electron chi connectivity index (χ2n) is 4.93. The van der Waals surface area contributed by atoms with Crippen molar-refractivity contribution in [3.8, 4) is 5.75 Å². The Hall–Kier alpha value is -1.55. The minimum absolute atomic E-state index is 0.114. The lowest BCUT2D eigenvalue weighted by molar-refractivity contribution is 0.0693. The van der Waals surface area contributed by atoms with Crippen LogP contribution in [0.4, 0.5) is 0 Å². The number of aromatic carboxylic acids is 1. The van der Waals surface area contributed by atoms with Crippen molar-refractivity contribution in [2.24, 2.45) is 11.1 Å². The van der Waals surface area contributed by atoms with Crippen molar-refractivity contribution in [1.82, 2.24) is 0 Å². The fourth-order valence-electron chi connectivity index (χ4n) is 1.42. The standard InChI is InChI=1S/C12H17NO3/c1-12(2,3)10(13)7-4-5-9(14)8(6-7)11(15)16/h4-6,10,14H,13H2,1-3H3,(H,15,16)/t10-/m1/s1. The predicted octanol–water partition coefficient (Wildman–Crippen LogP) is 2.14. The van der Waals surface area contributed by atoms with Crippen LogP contribution in [0.15, 0.2) is 18.2 Å². The number of benzene rings is 1. The summed E-state index contributed by atoms with van der Waals surface area (Å²) in [5, 5.41) is 18.2. The molecule has 0 amide bonds. The van der Waals surface area contributed by atoms with E-state index in [9.17, 15) is 9.90 Å². The molecule has 0 unspecified atom stereocenters. The predicted molar refractivity (Wildman–Crippen MR) is 61.4 cm³/mol. The quantitative estimate of drug-likeness (QED) is 0.717. The number of nitrogens with two attached hydrogens (primary N) is 1. The number of aromatic hydroxyl groups is 1. The fourth-order valence-corrected chi connectivity index (χ4v) is 1.42. The molecule has 0 aliphatic rings. The highest BCUT2D eigenvalue weighted by atomic mass is 16.4. The Morgan fingerprint density at radius 3 is 2.38 bits per heavy atom. The molecule has 0 bridgehead atoms. The normalized spacial score (nSPS) is 13.5. The number of phenols is 1. The Morgan fingerprint density at radius 1 is 1.38 bits per heavy atom. The summed E-state index contributed by atoms with van der Waals surface area (Å²) in [7, 11) is 0. The summed E-state index contributed by atoms with van der Waals surface area (Å²) in [4.78, 5) is 10.8. The monoisotopic (exact) mass is 223 g/mol. The van der Waals surface area contributed by atoms with Crippen molar-refractivity contribution < 1.29 is 15.0 Å². The maximum Gasteiger partial charge on any atom is 0.339 e. The van der Waals surface area contributed by atoms with Gasteiger partial charge in [-0.05, 0) is 23.1 Å². The van der Waals surface area contributed by atoms with Gasteiger partial charge in [0.25, 0.3) is 0 Å². The number of hydrogen-bond donors (Lipinski definition) is 3. The molecule has 0 aromatic heterocycles. The molecular formula is C12H17NO3. The third-order valence-corrected chi connectivity index (χ3v) is 2.54. The lowest BCUT2D eigenvalue weighted by Crippen LogP contribution is -2.26. The lowest BCUT2D eigenvalue weighted by atomic mass is 9.82. The summed E-state index contributed by atoms with van der Waals surface area (Å²) < 4.78 is 0. The lowest BCUT2D eigenvalue weighted by Gasteiger charge is -2.27. The highest BCUT2D eigenvalue weighted by Gasteiger charge is 2.23. The zero-order valence-electron chi connectivity index (χ0n) is 9.69. The first kappa shape index (κ1) is 12.5. The van der Waals surface area contributed by atoms with Gasteiger partial charge < -0.3 is 15.9 Å². The van der Waals surface area contributed by atoms with Crippen molar-refractivity contribution >= 4 is 5.97 Å². The van der Waals surface area contributed by atoms with Gasteiger partial charge in [-0.25, -0.2) is 4.79 Å². The summed E-state index contributed by atoms with van der Waals surface area (Å²) >= 11 is 0. The Morgan fingerprint density at radius 2 is 1.94 bits per heavy atom. The summed E-state index contributed by atoms with van der Waals surface area (Å²) in [5.41, 5.74) is 6.45. The van der Waals surface area contributed by atoms with Crippen LogP contribution in [-0.2, 0) is 0 Å². The van der Waals surface area contributed by atoms with E-state index in [0.717, 1.165) is 0 Å². The Labute approximate surface area is 94.7 Å². The van der Waals surface area contributed by atoms with E-state index in [1.807, 2.05) is 20.8 Å². The Kier molecular flexibility index (Phi) is 3.24. The van der Waals surface area contributed by atoms with Crippen molar-refractivity contribution in [3.63, 3.8) is 0 Å². The van der Waals surface area contributed by atoms with Crippen molar-refractivity contribution in [2.45, 2.75) is 26.8 Å². The Balaban J connectivity index is 3.18. The van der Waals surface area contributed by atoms with Crippen molar-refractivity contribution in [3.05, 3.63) is 29.3 Å². The van der Waals surface area contributed by atoms with E-state index in [0.29, 0.717) is 5.56 Å². The van der Waals surface area contributed by atoms with E-state index >= 15 is 0 Å². The van der Waals surface area contributed by atoms with Gasteiger partial charge in [0.15, 0.2) is 0 Å². The van der Waals surface area contributed by atoms with Crippen molar-refractivity contribution in [2.75, 3.05) is 0 Å². The van der Waals surface area contributed by atoms with E-state index in [2.05, 4.69) is 0 Å². The van der Waals surface area contributed by atoms with Gasteiger partial charge in [-0.15, -0.1) is 0 Å². The molecule has 0 aliphatic heterocycles. The van der Waals surface area contributed by atoms with Gasteiger partial charge in [0.05, 0.1) is 0 Å². The molecule has 0 saturated heterocycles. The topological polar surface area (TPSA) is 83.5 Å². The highest BCUT2D eigenvalue weighted by molar-refractivity contribution is 5.90. The van der Waals surface area contributed by atoms with Crippen LogP contribution < -0.4 is 5.73 Å². The number of carboxylic acids is 1. The maximum atomic E-state index is 10.8. The first-order valence-corrected chi connectivity index (χ1v) is 5.05. The number of carbonyl (C=O) groups is 1. The molecule has 0 fully saturated rings. The summed E-state index contributed by atoms with van der Waals surface area (Å²) in [6, 6.07) is 4.17. The Bertz CT molecular complexity index is 407. The highest BCUT2D eigenvalue weighted by Crippen LogP contribution is 2.32. The number of carboxylic acid groups (broad SMARTS) is 1. The summed E-state index contributed by atoms with van der Waals surface area (Å²) in [6.45, 7) is 5.93. The smallest absolute Gasteiger partial charge is 0.339 e. The molecule has 1 aromatic rings. The zero-order chi connectivity index (χ0) is 12.5. The third kappa shape index (κ3) is 2.52. The first-order valence-electron chi connectivity index (χ1n) is 5.05. The van der Waals surface area contributed by atoms with E-state index in [-0.39, 0.29) is 22.8 Å². The van der Waals surface area contributed by atoms with E-state index in [1.165, 1.54) is 12.1 Å².